The Kier molecular flexibility index (Phi) is 5.47. The summed E-state index contributed by atoms with van der Waals surface area (Å²) in [6.45, 7) is 3.38. The molecule has 0 radical (unpaired) electrons. The molecule has 0 fully saturated rings. The van der Waals surface area contributed by atoms with E-state index in [1.54, 1.807) is 13.8 Å². The molecule has 0 atom stereocenters. The van der Waals surface area contributed by atoms with Gasteiger partial charge in [0.2, 0.25) is 11.3 Å². The molecule has 0 unspecified atom stereocenters. The summed E-state index contributed by atoms with van der Waals surface area (Å²) < 4.78 is 99.4. The second-order valence-corrected chi connectivity index (χ2v) is 11.3. The quantitative estimate of drug-likeness (QED) is 0.147. The van der Waals surface area contributed by atoms with E-state index in [0.717, 1.165) is 62.1 Å². The van der Waals surface area contributed by atoms with Gasteiger partial charge < -0.3 is 8.83 Å². The van der Waals surface area contributed by atoms with Crippen LogP contribution in [-0.4, -0.2) is 22.3 Å². The van der Waals surface area contributed by atoms with Crippen molar-refractivity contribution in [3.63, 3.8) is 0 Å². The minimum atomic E-state index is -5.67. The summed E-state index contributed by atoms with van der Waals surface area (Å²) in [5, 5.41) is 5.39. The highest BCUT2D eigenvalue weighted by molar-refractivity contribution is 6.31. The first-order valence-corrected chi connectivity index (χ1v) is 14.0. The Morgan fingerprint density at radius 3 is 1.58 bits per heavy atom. The topological polar surface area (TPSA) is 52.1 Å². The second kappa shape index (κ2) is 8.97. The lowest BCUT2D eigenvalue weighted by Crippen LogP contribution is -2.54. The van der Waals surface area contributed by atoms with Crippen molar-refractivity contribution in [1.82, 2.24) is 9.97 Å². The zero-order chi connectivity index (χ0) is 31.5. The van der Waals surface area contributed by atoms with Crippen molar-refractivity contribution < 1.29 is 35.2 Å². The molecular formula is C35H20F6N2O2. The van der Waals surface area contributed by atoms with E-state index >= 15 is 0 Å². The first kappa shape index (κ1) is 27.4. The number of aryl methyl sites for hydroxylation is 2. The Bertz CT molecular complexity index is 2400. The van der Waals surface area contributed by atoms with Crippen LogP contribution in [0.2, 0.25) is 0 Å². The van der Waals surface area contributed by atoms with Crippen molar-refractivity contribution in [2.75, 3.05) is 0 Å². The fraction of sp³-hybridized carbons (Fsp3) is 0.143. The number of benzene rings is 6. The predicted molar refractivity (Wildman–Crippen MR) is 160 cm³/mol. The number of aromatic nitrogens is 2. The normalized spacial score (nSPS) is 13.3. The molecule has 4 nitrogen and oxygen atoms in total. The average Bonchev–Trinajstić information content (AvgIpc) is 3.58. The van der Waals surface area contributed by atoms with Gasteiger partial charge in [-0.3, -0.25) is 0 Å². The number of hydrogen-bond donors (Lipinski definition) is 0. The Balaban J connectivity index is 1.29. The SMILES string of the molecule is Cc1ccc(C(c2ccc(-c3nc4cc5ccc6cc7nc(C)oc7c7ccc(c4o3)c5c67)cc2)(C(F)(F)F)C(F)(F)F)cc1. The van der Waals surface area contributed by atoms with Gasteiger partial charge in [0.05, 0.1) is 0 Å². The van der Waals surface area contributed by atoms with Crippen LogP contribution in [0, 0.1) is 13.8 Å². The van der Waals surface area contributed by atoms with Gasteiger partial charge in [-0.2, -0.15) is 26.3 Å². The molecule has 0 saturated carbocycles. The Morgan fingerprint density at radius 2 is 1.04 bits per heavy atom. The third-order valence-corrected chi connectivity index (χ3v) is 8.61. The van der Waals surface area contributed by atoms with E-state index < -0.39 is 28.9 Å². The molecule has 10 heteroatoms. The van der Waals surface area contributed by atoms with E-state index in [1.807, 2.05) is 36.4 Å². The smallest absolute Gasteiger partial charge is 0.411 e. The molecule has 224 valence electrons. The van der Waals surface area contributed by atoms with Crippen LogP contribution in [0.15, 0.2) is 93.8 Å². The highest BCUT2D eigenvalue weighted by Gasteiger charge is 2.72. The van der Waals surface area contributed by atoms with Crippen LogP contribution in [0.3, 0.4) is 0 Å². The molecule has 8 aromatic rings. The number of alkyl halides is 6. The van der Waals surface area contributed by atoms with E-state index in [1.165, 1.54) is 24.3 Å². The van der Waals surface area contributed by atoms with Gasteiger partial charge in [-0.1, -0.05) is 54.1 Å². The van der Waals surface area contributed by atoms with Crippen LogP contribution in [0.4, 0.5) is 26.3 Å². The largest absolute Gasteiger partial charge is 0.440 e. The fourth-order valence-electron chi connectivity index (χ4n) is 6.59. The molecule has 6 aromatic carbocycles. The summed E-state index contributed by atoms with van der Waals surface area (Å²) in [5.74, 6) is 0.620. The average molecular weight is 615 g/mol. The summed E-state index contributed by atoms with van der Waals surface area (Å²) >= 11 is 0. The van der Waals surface area contributed by atoms with Crippen LogP contribution in [-0.2, 0) is 5.41 Å². The van der Waals surface area contributed by atoms with E-state index in [9.17, 15) is 26.3 Å². The summed E-state index contributed by atoms with van der Waals surface area (Å²) in [6, 6.07) is 19.8. The molecule has 0 aliphatic rings. The van der Waals surface area contributed by atoms with Gasteiger partial charge in [0.15, 0.2) is 17.1 Å². The summed E-state index contributed by atoms with van der Waals surface area (Å²) in [6.07, 6.45) is -11.3. The van der Waals surface area contributed by atoms with Crippen molar-refractivity contribution in [1.29, 1.82) is 0 Å². The van der Waals surface area contributed by atoms with E-state index in [2.05, 4.69) is 9.97 Å². The van der Waals surface area contributed by atoms with Crippen LogP contribution in [0.5, 0.6) is 0 Å². The first-order chi connectivity index (χ1) is 21.4. The molecule has 45 heavy (non-hydrogen) atoms. The van der Waals surface area contributed by atoms with Crippen LogP contribution >= 0.6 is 0 Å². The molecule has 2 aromatic heterocycles. The summed E-state index contributed by atoms with van der Waals surface area (Å²) in [7, 11) is 0. The Hall–Kier alpha value is -5.12. The van der Waals surface area contributed by atoms with Crippen LogP contribution in [0.1, 0.15) is 22.6 Å². The minimum Gasteiger partial charge on any atom is -0.440 e. The Morgan fingerprint density at radius 1 is 0.556 bits per heavy atom. The molecule has 2 heterocycles. The molecule has 0 amide bonds. The Labute approximate surface area is 250 Å². The van der Waals surface area contributed by atoms with Crippen molar-refractivity contribution in [2.24, 2.45) is 0 Å². The lowest BCUT2D eigenvalue weighted by atomic mass is 9.72. The van der Waals surface area contributed by atoms with Gasteiger partial charge in [-0.25, -0.2) is 9.97 Å². The number of rotatable bonds is 3. The van der Waals surface area contributed by atoms with Gasteiger partial charge in [0.25, 0.3) is 0 Å². The molecule has 0 aliphatic heterocycles. The summed E-state index contributed by atoms with van der Waals surface area (Å²) in [4.78, 5) is 9.05. The summed E-state index contributed by atoms with van der Waals surface area (Å²) in [5.41, 5.74) is -2.96. The zero-order valence-corrected chi connectivity index (χ0v) is 23.6. The molecular weight excluding hydrogens is 594 g/mol. The first-order valence-electron chi connectivity index (χ1n) is 14.0. The predicted octanol–water partition coefficient (Wildman–Crippen LogP) is 10.6. The van der Waals surface area contributed by atoms with Gasteiger partial charge in [0.1, 0.15) is 11.0 Å². The van der Waals surface area contributed by atoms with Gasteiger partial charge >= 0.3 is 12.4 Å². The number of halogens is 6. The highest BCUT2D eigenvalue weighted by Crippen LogP contribution is 2.56. The number of oxazole rings is 2. The molecule has 0 spiro atoms. The molecule has 0 aliphatic carbocycles. The van der Waals surface area contributed by atoms with Gasteiger partial charge in [-0.05, 0) is 65.2 Å². The van der Waals surface area contributed by atoms with Crippen molar-refractivity contribution in [3.05, 3.63) is 108 Å². The van der Waals surface area contributed by atoms with E-state index in [0.29, 0.717) is 28.1 Å². The molecule has 0 N–H and O–H groups in total. The maximum Gasteiger partial charge on any atom is 0.411 e. The number of nitrogens with zero attached hydrogens (tertiary/aromatic N) is 2. The monoisotopic (exact) mass is 614 g/mol. The number of hydrogen-bond acceptors (Lipinski definition) is 4. The maximum atomic E-state index is 14.6. The molecule has 0 bridgehead atoms. The standard InChI is InChI=1S/C35H20F6N2O2/c1-17-3-9-22(10-4-17)33(34(36,37)38,35(39,40)41)23-11-7-19(8-12-23)32-43-27-16-21-6-5-20-15-26-30(44-18(2)42-26)24-13-14-25(31(27)45-32)29(21)28(20)24/h3-16H,1-2H3. The van der Waals surface area contributed by atoms with Crippen molar-refractivity contribution in [2.45, 2.75) is 31.6 Å². The van der Waals surface area contributed by atoms with Crippen LogP contribution in [0.25, 0.3) is 66.0 Å². The maximum absolute atomic E-state index is 14.6. The number of fused-ring (bicyclic) bond motifs is 4. The lowest BCUT2D eigenvalue weighted by Gasteiger charge is -2.38. The second-order valence-electron chi connectivity index (χ2n) is 11.3. The molecule has 0 saturated heterocycles. The van der Waals surface area contributed by atoms with Crippen LogP contribution < -0.4 is 0 Å². The van der Waals surface area contributed by atoms with E-state index in [4.69, 9.17) is 8.83 Å². The van der Waals surface area contributed by atoms with Crippen molar-refractivity contribution >= 4 is 54.5 Å². The van der Waals surface area contributed by atoms with Gasteiger partial charge in [0, 0.05) is 34.0 Å². The minimum absolute atomic E-state index is 0.0693. The lowest BCUT2D eigenvalue weighted by molar-refractivity contribution is -0.288. The highest BCUT2D eigenvalue weighted by atomic mass is 19.4. The third kappa shape index (κ3) is 3.74. The van der Waals surface area contributed by atoms with Crippen molar-refractivity contribution in [3.8, 4) is 11.5 Å². The zero-order valence-electron chi connectivity index (χ0n) is 23.6. The molecule has 8 rings (SSSR count). The van der Waals surface area contributed by atoms with Gasteiger partial charge in [-0.15, -0.1) is 0 Å². The third-order valence-electron chi connectivity index (χ3n) is 8.61. The fourth-order valence-corrected chi connectivity index (χ4v) is 6.59. The van der Waals surface area contributed by atoms with E-state index in [-0.39, 0.29) is 11.5 Å².